The number of carbonyl (C=O) groups is 2. The van der Waals surface area contributed by atoms with E-state index >= 15 is 0 Å². The predicted octanol–water partition coefficient (Wildman–Crippen LogP) is 2.86. The predicted molar refractivity (Wildman–Crippen MR) is 71.9 cm³/mol. The summed E-state index contributed by atoms with van der Waals surface area (Å²) in [7, 11) is 0. The topological polar surface area (TPSA) is 69.6 Å². The number of carboxylic acids is 1. The van der Waals surface area contributed by atoms with Crippen molar-refractivity contribution in [2.75, 3.05) is 6.54 Å². The molecule has 0 aromatic rings. The van der Waals surface area contributed by atoms with E-state index in [0.29, 0.717) is 4.90 Å². The number of nitrogens with zero attached hydrogens (tertiary/aromatic N) is 1. The molecule has 2 amide bonds. The van der Waals surface area contributed by atoms with Crippen LogP contribution < -0.4 is 5.32 Å². The number of amides is 2. The van der Waals surface area contributed by atoms with Crippen molar-refractivity contribution in [2.45, 2.75) is 59.3 Å². The second-order valence-corrected chi connectivity index (χ2v) is 6.30. The van der Waals surface area contributed by atoms with Gasteiger partial charge in [0, 0.05) is 12.1 Å². The van der Waals surface area contributed by atoms with E-state index in [9.17, 15) is 22.8 Å². The van der Waals surface area contributed by atoms with E-state index in [4.69, 9.17) is 5.11 Å². The number of alkyl halides is 3. The van der Waals surface area contributed by atoms with E-state index < -0.39 is 42.2 Å². The lowest BCUT2D eigenvalue weighted by Gasteiger charge is -2.34. The standard InChI is InChI=1S/C13H23F3N2O3/c1-8(2)18(7-13(14,15)16)11(21)17-9(6-10(19)20)12(3,4)5/h8-9H,6-7H2,1-5H3,(H,17,21)(H,19,20). The molecule has 5 nitrogen and oxygen atoms in total. The van der Waals surface area contributed by atoms with E-state index in [0.717, 1.165) is 0 Å². The molecule has 0 aromatic heterocycles. The molecular weight excluding hydrogens is 289 g/mol. The molecule has 1 atom stereocenters. The number of hydrogen-bond acceptors (Lipinski definition) is 2. The van der Waals surface area contributed by atoms with Crippen LogP contribution in [0.1, 0.15) is 41.0 Å². The van der Waals surface area contributed by atoms with Crippen LogP contribution in [-0.4, -0.2) is 46.8 Å². The van der Waals surface area contributed by atoms with Crippen molar-refractivity contribution in [2.24, 2.45) is 5.41 Å². The first-order chi connectivity index (χ1) is 9.24. The first-order valence-corrected chi connectivity index (χ1v) is 6.59. The molecule has 0 aliphatic heterocycles. The Morgan fingerprint density at radius 3 is 1.95 bits per heavy atom. The number of carboxylic acid groups (broad SMARTS) is 1. The Labute approximate surface area is 122 Å². The minimum Gasteiger partial charge on any atom is -0.481 e. The molecule has 21 heavy (non-hydrogen) atoms. The number of aliphatic carboxylic acids is 1. The van der Waals surface area contributed by atoms with Crippen molar-refractivity contribution in [3.05, 3.63) is 0 Å². The molecule has 2 N–H and O–H groups in total. The van der Waals surface area contributed by atoms with Gasteiger partial charge in [-0.15, -0.1) is 0 Å². The van der Waals surface area contributed by atoms with Gasteiger partial charge in [-0.25, -0.2) is 4.79 Å². The van der Waals surface area contributed by atoms with Crippen molar-refractivity contribution in [3.8, 4) is 0 Å². The van der Waals surface area contributed by atoms with Crippen molar-refractivity contribution in [1.82, 2.24) is 10.2 Å². The summed E-state index contributed by atoms with van der Waals surface area (Å²) in [4.78, 5) is 23.5. The first kappa shape index (κ1) is 19.5. The van der Waals surface area contributed by atoms with E-state index in [-0.39, 0.29) is 6.42 Å². The lowest BCUT2D eigenvalue weighted by molar-refractivity contribution is -0.143. The van der Waals surface area contributed by atoms with Crippen LogP contribution in [0.25, 0.3) is 0 Å². The van der Waals surface area contributed by atoms with Crippen LogP contribution in [0.4, 0.5) is 18.0 Å². The lowest BCUT2D eigenvalue weighted by Crippen LogP contribution is -2.54. The highest BCUT2D eigenvalue weighted by Gasteiger charge is 2.36. The molecule has 0 aliphatic carbocycles. The van der Waals surface area contributed by atoms with Gasteiger partial charge in [0.2, 0.25) is 0 Å². The highest BCUT2D eigenvalue weighted by atomic mass is 19.4. The molecule has 0 bridgehead atoms. The Morgan fingerprint density at radius 1 is 1.19 bits per heavy atom. The van der Waals surface area contributed by atoms with Gasteiger partial charge in [-0.05, 0) is 19.3 Å². The SMILES string of the molecule is CC(C)N(CC(F)(F)F)C(=O)NC(CC(=O)O)C(C)(C)C. The summed E-state index contributed by atoms with van der Waals surface area (Å²) >= 11 is 0. The number of rotatable bonds is 5. The van der Waals surface area contributed by atoms with E-state index in [1.165, 1.54) is 13.8 Å². The number of urea groups is 1. The molecule has 1 unspecified atom stereocenters. The van der Waals surface area contributed by atoms with Gasteiger partial charge in [-0.2, -0.15) is 13.2 Å². The average molecular weight is 312 g/mol. The molecule has 0 radical (unpaired) electrons. The molecule has 0 rings (SSSR count). The van der Waals surface area contributed by atoms with Gasteiger partial charge in [0.25, 0.3) is 0 Å². The fraction of sp³-hybridized carbons (Fsp3) is 0.846. The summed E-state index contributed by atoms with van der Waals surface area (Å²) in [6, 6.07) is -2.34. The van der Waals surface area contributed by atoms with Crippen molar-refractivity contribution in [1.29, 1.82) is 0 Å². The largest absolute Gasteiger partial charge is 0.481 e. The van der Waals surface area contributed by atoms with Crippen molar-refractivity contribution < 1.29 is 27.9 Å². The molecule has 0 aromatic carbocycles. The Hall–Kier alpha value is -1.47. The number of carbonyl (C=O) groups excluding carboxylic acids is 1. The zero-order chi connectivity index (χ0) is 17.0. The maximum atomic E-state index is 12.5. The summed E-state index contributed by atoms with van der Waals surface area (Å²) in [5.41, 5.74) is -0.588. The average Bonchev–Trinajstić information content (AvgIpc) is 2.21. The second-order valence-electron chi connectivity index (χ2n) is 6.30. The fourth-order valence-electron chi connectivity index (χ4n) is 1.66. The van der Waals surface area contributed by atoms with Gasteiger partial charge in [0.05, 0.1) is 6.42 Å². The highest BCUT2D eigenvalue weighted by molar-refractivity contribution is 5.76. The summed E-state index contributed by atoms with van der Waals surface area (Å²) in [6.07, 6.45) is -4.86. The van der Waals surface area contributed by atoms with Crippen molar-refractivity contribution >= 4 is 12.0 Å². The zero-order valence-corrected chi connectivity index (χ0v) is 12.9. The van der Waals surface area contributed by atoms with Gasteiger partial charge >= 0.3 is 18.2 Å². The minimum absolute atomic E-state index is 0.354. The number of halogens is 3. The molecule has 124 valence electrons. The molecule has 8 heteroatoms. The summed E-state index contributed by atoms with van der Waals surface area (Å²) in [5.74, 6) is -1.12. The number of hydrogen-bond donors (Lipinski definition) is 2. The Morgan fingerprint density at radius 2 is 1.67 bits per heavy atom. The van der Waals surface area contributed by atoms with Crippen LogP contribution in [-0.2, 0) is 4.79 Å². The molecule has 0 saturated heterocycles. The van der Waals surface area contributed by atoms with Gasteiger partial charge in [-0.3, -0.25) is 4.79 Å². The van der Waals surface area contributed by atoms with Crippen LogP contribution in [0.15, 0.2) is 0 Å². The normalized spacial score (nSPS) is 14.0. The van der Waals surface area contributed by atoms with Crippen LogP contribution in [0.2, 0.25) is 0 Å². The number of nitrogens with one attached hydrogen (secondary N) is 1. The van der Waals surface area contributed by atoms with Crippen LogP contribution >= 0.6 is 0 Å². The quantitative estimate of drug-likeness (QED) is 0.820. The van der Waals surface area contributed by atoms with Gasteiger partial charge in [0.1, 0.15) is 6.54 Å². The van der Waals surface area contributed by atoms with E-state index in [2.05, 4.69) is 5.32 Å². The molecule has 0 aliphatic rings. The Bertz CT molecular complexity index is 376. The molecule has 0 saturated carbocycles. The summed E-state index contributed by atoms with van der Waals surface area (Å²) < 4.78 is 37.5. The third-order valence-corrected chi connectivity index (χ3v) is 2.96. The fourth-order valence-corrected chi connectivity index (χ4v) is 1.66. The molecular formula is C13H23F3N2O3. The molecule has 0 heterocycles. The molecule has 0 spiro atoms. The smallest absolute Gasteiger partial charge is 0.406 e. The highest BCUT2D eigenvalue weighted by Crippen LogP contribution is 2.23. The van der Waals surface area contributed by atoms with E-state index in [1.807, 2.05) is 0 Å². The van der Waals surface area contributed by atoms with Crippen LogP contribution in [0.3, 0.4) is 0 Å². The van der Waals surface area contributed by atoms with Crippen LogP contribution in [0, 0.1) is 5.41 Å². The first-order valence-electron chi connectivity index (χ1n) is 6.59. The summed E-state index contributed by atoms with van der Waals surface area (Å²) in [5, 5.41) is 11.2. The minimum atomic E-state index is -4.51. The third kappa shape index (κ3) is 7.77. The molecule has 0 fully saturated rings. The van der Waals surface area contributed by atoms with Gasteiger partial charge < -0.3 is 15.3 Å². The zero-order valence-electron chi connectivity index (χ0n) is 12.9. The van der Waals surface area contributed by atoms with Gasteiger partial charge in [-0.1, -0.05) is 20.8 Å². The van der Waals surface area contributed by atoms with Crippen LogP contribution in [0.5, 0.6) is 0 Å². The monoisotopic (exact) mass is 312 g/mol. The Kier molecular flexibility index (Phi) is 6.51. The third-order valence-electron chi connectivity index (χ3n) is 2.96. The second kappa shape index (κ2) is 7.00. The summed E-state index contributed by atoms with van der Waals surface area (Å²) in [6.45, 7) is 6.70. The Balaban J connectivity index is 5.04. The van der Waals surface area contributed by atoms with Crippen molar-refractivity contribution in [3.63, 3.8) is 0 Å². The van der Waals surface area contributed by atoms with E-state index in [1.54, 1.807) is 20.8 Å². The maximum Gasteiger partial charge on any atom is 0.406 e. The lowest BCUT2D eigenvalue weighted by atomic mass is 9.85. The maximum absolute atomic E-state index is 12.5. The van der Waals surface area contributed by atoms with Gasteiger partial charge in [0.15, 0.2) is 0 Å².